The van der Waals surface area contributed by atoms with Crippen LogP contribution in [0.5, 0.6) is 0 Å². The lowest BCUT2D eigenvalue weighted by Crippen LogP contribution is -2.15. The van der Waals surface area contributed by atoms with Crippen LogP contribution in [0.1, 0.15) is 15.9 Å². The van der Waals surface area contributed by atoms with Crippen LogP contribution >= 0.6 is 11.3 Å². The maximum Gasteiger partial charge on any atom is 0.307 e. The van der Waals surface area contributed by atoms with Gasteiger partial charge in [0, 0.05) is 17.1 Å². The molecular weight excluding hydrogens is 252 g/mol. The third-order valence-electron chi connectivity index (χ3n) is 2.26. The predicted octanol–water partition coefficient (Wildman–Crippen LogP) is 2.02. The van der Waals surface area contributed by atoms with Crippen molar-refractivity contribution in [3.8, 4) is 0 Å². The number of benzene rings is 1. The summed E-state index contributed by atoms with van der Waals surface area (Å²) in [5, 5.41) is 13.7. The zero-order valence-electron chi connectivity index (χ0n) is 9.29. The minimum Gasteiger partial charge on any atom is -0.481 e. The minimum atomic E-state index is -0.968. The number of aromatic nitrogens is 1. The molecule has 2 rings (SSSR count). The zero-order valence-corrected chi connectivity index (χ0v) is 10.1. The number of carboxylic acid groups (broad SMARTS) is 1. The maximum absolute atomic E-state index is 12.0. The fourth-order valence-electron chi connectivity index (χ4n) is 1.51. The molecule has 1 aromatic heterocycles. The van der Waals surface area contributed by atoms with Crippen molar-refractivity contribution in [1.82, 2.24) is 4.98 Å². The number of nitrogens with zero attached hydrogens (tertiary/aromatic N) is 1. The first-order valence-electron chi connectivity index (χ1n) is 5.17. The summed E-state index contributed by atoms with van der Waals surface area (Å²) in [6.45, 7) is 0. The molecule has 1 aromatic carbocycles. The Kier molecular flexibility index (Phi) is 3.69. The Labute approximate surface area is 107 Å². The minimum absolute atomic E-state index is 0.179. The number of carbonyl (C=O) groups is 2. The number of carboxylic acids is 1. The van der Waals surface area contributed by atoms with Crippen LogP contribution in [-0.2, 0) is 11.2 Å². The van der Waals surface area contributed by atoms with E-state index in [4.69, 9.17) is 5.11 Å². The van der Waals surface area contributed by atoms with Gasteiger partial charge in [-0.25, -0.2) is 4.98 Å². The van der Waals surface area contributed by atoms with Gasteiger partial charge in [0.15, 0.2) is 5.13 Å². The van der Waals surface area contributed by atoms with E-state index in [1.807, 2.05) is 0 Å². The second kappa shape index (κ2) is 5.42. The van der Waals surface area contributed by atoms with Crippen LogP contribution in [0.3, 0.4) is 0 Å². The molecular formula is C12H10N2O3S. The first kappa shape index (κ1) is 12.3. The molecule has 0 atom stereocenters. The summed E-state index contributed by atoms with van der Waals surface area (Å²) < 4.78 is 0. The van der Waals surface area contributed by atoms with Crippen LogP contribution in [0, 0.1) is 0 Å². The summed E-state index contributed by atoms with van der Waals surface area (Å²) >= 11 is 1.31. The molecule has 92 valence electrons. The van der Waals surface area contributed by atoms with E-state index in [0.717, 1.165) is 0 Å². The van der Waals surface area contributed by atoms with Crippen LogP contribution in [0.15, 0.2) is 35.8 Å². The topological polar surface area (TPSA) is 79.3 Å². The van der Waals surface area contributed by atoms with Crippen LogP contribution in [0.2, 0.25) is 0 Å². The van der Waals surface area contributed by atoms with Crippen LogP contribution in [0.4, 0.5) is 5.13 Å². The van der Waals surface area contributed by atoms with Gasteiger partial charge in [-0.3, -0.25) is 14.9 Å². The molecule has 2 aromatic rings. The van der Waals surface area contributed by atoms with Crippen molar-refractivity contribution in [1.29, 1.82) is 0 Å². The molecule has 0 aliphatic carbocycles. The van der Waals surface area contributed by atoms with Crippen LogP contribution < -0.4 is 5.32 Å². The highest BCUT2D eigenvalue weighted by Gasteiger charge is 2.13. The molecule has 0 radical (unpaired) electrons. The van der Waals surface area contributed by atoms with E-state index in [1.54, 1.807) is 35.8 Å². The van der Waals surface area contributed by atoms with E-state index in [0.29, 0.717) is 16.3 Å². The number of anilines is 1. The molecule has 0 saturated carbocycles. The highest BCUT2D eigenvalue weighted by Crippen LogP contribution is 2.15. The number of rotatable bonds is 4. The van der Waals surface area contributed by atoms with Crippen LogP contribution in [-0.4, -0.2) is 22.0 Å². The van der Waals surface area contributed by atoms with Gasteiger partial charge in [-0.15, -0.1) is 11.3 Å². The van der Waals surface area contributed by atoms with Gasteiger partial charge in [0.05, 0.1) is 6.42 Å². The van der Waals surface area contributed by atoms with Crippen LogP contribution in [0.25, 0.3) is 0 Å². The molecule has 0 unspecified atom stereocenters. The smallest absolute Gasteiger partial charge is 0.307 e. The number of amides is 1. The van der Waals surface area contributed by atoms with Crippen molar-refractivity contribution in [2.45, 2.75) is 6.42 Å². The fourth-order valence-corrected chi connectivity index (χ4v) is 2.03. The van der Waals surface area contributed by atoms with E-state index in [1.165, 1.54) is 11.3 Å². The summed E-state index contributed by atoms with van der Waals surface area (Å²) in [5.41, 5.74) is 0.842. The van der Waals surface area contributed by atoms with E-state index >= 15 is 0 Å². The molecule has 1 heterocycles. The number of carbonyl (C=O) groups excluding carboxylic acids is 1. The van der Waals surface area contributed by atoms with Gasteiger partial charge in [0.25, 0.3) is 5.91 Å². The Bertz CT molecular complexity index is 566. The normalized spacial score (nSPS) is 10.0. The lowest BCUT2D eigenvalue weighted by Gasteiger charge is -2.06. The molecule has 0 aliphatic heterocycles. The summed E-state index contributed by atoms with van der Waals surface area (Å²) in [5.74, 6) is -1.31. The molecule has 0 spiro atoms. The van der Waals surface area contributed by atoms with Crippen molar-refractivity contribution >= 4 is 28.3 Å². The summed E-state index contributed by atoms with van der Waals surface area (Å²) in [7, 11) is 0. The van der Waals surface area contributed by atoms with E-state index in [2.05, 4.69) is 10.3 Å². The molecule has 0 aliphatic rings. The zero-order chi connectivity index (χ0) is 13.0. The number of thiazole rings is 1. The molecule has 18 heavy (non-hydrogen) atoms. The SMILES string of the molecule is O=C(O)Cc1ccccc1C(=O)Nc1nccs1. The third kappa shape index (κ3) is 2.92. The average Bonchev–Trinajstić information content (AvgIpc) is 2.81. The van der Waals surface area contributed by atoms with Gasteiger partial charge in [0.1, 0.15) is 0 Å². The quantitative estimate of drug-likeness (QED) is 0.883. The largest absolute Gasteiger partial charge is 0.481 e. The van der Waals surface area contributed by atoms with Crippen molar-refractivity contribution in [3.05, 3.63) is 47.0 Å². The maximum atomic E-state index is 12.0. The van der Waals surface area contributed by atoms with Gasteiger partial charge < -0.3 is 5.11 Å². The number of aliphatic carboxylic acids is 1. The Morgan fingerprint density at radius 2 is 2.11 bits per heavy atom. The second-order valence-corrected chi connectivity index (χ2v) is 4.41. The highest BCUT2D eigenvalue weighted by molar-refractivity contribution is 7.13. The average molecular weight is 262 g/mol. The van der Waals surface area contributed by atoms with Crippen molar-refractivity contribution in [3.63, 3.8) is 0 Å². The number of nitrogens with one attached hydrogen (secondary N) is 1. The monoisotopic (exact) mass is 262 g/mol. The molecule has 0 fully saturated rings. The predicted molar refractivity (Wildman–Crippen MR) is 67.8 cm³/mol. The van der Waals surface area contributed by atoms with Gasteiger partial charge >= 0.3 is 5.97 Å². The van der Waals surface area contributed by atoms with Crippen molar-refractivity contribution in [2.24, 2.45) is 0 Å². The Morgan fingerprint density at radius 3 is 2.78 bits per heavy atom. The van der Waals surface area contributed by atoms with E-state index in [9.17, 15) is 9.59 Å². The molecule has 1 amide bonds. The fraction of sp³-hybridized carbons (Fsp3) is 0.0833. The second-order valence-electron chi connectivity index (χ2n) is 3.52. The van der Waals surface area contributed by atoms with Gasteiger partial charge in [0.2, 0.25) is 0 Å². The van der Waals surface area contributed by atoms with E-state index in [-0.39, 0.29) is 12.3 Å². The summed E-state index contributed by atoms with van der Waals surface area (Å²) in [6.07, 6.45) is 1.41. The number of hydrogen-bond donors (Lipinski definition) is 2. The van der Waals surface area contributed by atoms with Gasteiger partial charge in [-0.1, -0.05) is 18.2 Å². The lowest BCUT2D eigenvalue weighted by atomic mass is 10.0. The molecule has 5 nitrogen and oxygen atoms in total. The third-order valence-corrected chi connectivity index (χ3v) is 2.94. The Balaban J connectivity index is 2.21. The standard InChI is InChI=1S/C12H10N2O3S/c15-10(16)7-8-3-1-2-4-9(8)11(17)14-12-13-5-6-18-12/h1-6H,7H2,(H,15,16)(H,13,14,17). The molecule has 6 heteroatoms. The highest BCUT2D eigenvalue weighted by atomic mass is 32.1. The summed E-state index contributed by atoms with van der Waals surface area (Å²) in [4.78, 5) is 26.6. The first-order valence-corrected chi connectivity index (χ1v) is 6.05. The van der Waals surface area contributed by atoms with E-state index < -0.39 is 5.97 Å². The summed E-state index contributed by atoms with van der Waals surface area (Å²) in [6, 6.07) is 6.63. The molecule has 0 bridgehead atoms. The number of hydrogen-bond acceptors (Lipinski definition) is 4. The van der Waals surface area contributed by atoms with Gasteiger partial charge in [-0.05, 0) is 11.6 Å². The Hall–Kier alpha value is -2.21. The lowest BCUT2D eigenvalue weighted by molar-refractivity contribution is -0.136. The van der Waals surface area contributed by atoms with Crippen molar-refractivity contribution < 1.29 is 14.7 Å². The van der Waals surface area contributed by atoms with Gasteiger partial charge in [-0.2, -0.15) is 0 Å². The Morgan fingerprint density at radius 1 is 1.33 bits per heavy atom. The molecule has 2 N–H and O–H groups in total. The molecule has 0 saturated heterocycles. The first-order chi connectivity index (χ1) is 8.66. The van der Waals surface area contributed by atoms with Crippen molar-refractivity contribution in [2.75, 3.05) is 5.32 Å².